The SMILES string of the molecule is [2H]CC1(O)CCN(C(=O)OC(C)(C)C)CC1. The topological polar surface area (TPSA) is 49.8 Å². The van der Waals surface area contributed by atoms with Crippen molar-refractivity contribution in [2.45, 2.75) is 51.7 Å². The molecule has 1 amide bonds. The molecular formula is C11H21NO3. The molecule has 1 aliphatic heterocycles. The van der Waals surface area contributed by atoms with E-state index in [9.17, 15) is 9.90 Å². The van der Waals surface area contributed by atoms with Gasteiger partial charge in [0.25, 0.3) is 0 Å². The Balaban J connectivity index is 2.45. The lowest BCUT2D eigenvalue weighted by atomic mass is 9.94. The molecule has 0 atom stereocenters. The summed E-state index contributed by atoms with van der Waals surface area (Å²) in [6.07, 6.45) is 0.574. The van der Waals surface area contributed by atoms with Crippen LogP contribution >= 0.6 is 0 Å². The van der Waals surface area contributed by atoms with Gasteiger partial charge in [-0.25, -0.2) is 4.79 Å². The van der Waals surface area contributed by atoms with Gasteiger partial charge in [0.1, 0.15) is 5.60 Å². The minimum absolute atomic E-state index is 0.00480. The van der Waals surface area contributed by atoms with E-state index in [1.54, 1.807) is 4.90 Å². The van der Waals surface area contributed by atoms with E-state index < -0.39 is 11.2 Å². The highest BCUT2D eigenvalue weighted by molar-refractivity contribution is 5.68. The zero-order valence-corrected chi connectivity index (χ0v) is 9.75. The van der Waals surface area contributed by atoms with Crippen molar-refractivity contribution in [3.63, 3.8) is 0 Å². The summed E-state index contributed by atoms with van der Waals surface area (Å²) in [6, 6.07) is 0. The van der Waals surface area contributed by atoms with E-state index in [4.69, 9.17) is 6.11 Å². The summed E-state index contributed by atoms with van der Waals surface area (Å²) in [6.45, 7) is 6.41. The van der Waals surface area contributed by atoms with Gasteiger partial charge < -0.3 is 14.7 Å². The summed E-state index contributed by atoms with van der Waals surface area (Å²) in [7, 11) is 0. The molecule has 1 fully saturated rings. The molecule has 4 nitrogen and oxygen atoms in total. The largest absolute Gasteiger partial charge is 0.444 e. The van der Waals surface area contributed by atoms with Crippen molar-refractivity contribution < 1.29 is 16.0 Å². The highest BCUT2D eigenvalue weighted by atomic mass is 16.6. The third-order valence-electron chi connectivity index (χ3n) is 2.35. The summed E-state index contributed by atoms with van der Waals surface area (Å²) < 4.78 is 12.5. The Labute approximate surface area is 92.6 Å². The monoisotopic (exact) mass is 216 g/mol. The molecule has 88 valence electrons. The third-order valence-corrected chi connectivity index (χ3v) is 2.35. The summed E-state index contributed by atoms with van der Waals surface area (Å²) in [5, 5.41) is 9.85. The number of amides is 1. The first-order valence-electron chi connectivity index (χ1n) is 5.96. The molecule has 0 aromatic rings. The van der Waals surface area contributed by atoms with E-state index in [0.717, 1.165) is 0 Å². The van der Waals surface area contributed by atoms with Crippen LogP contribution in [0.4, 0.5) is 4.79 Å². The Bertz CT molecular complexity index is 254. The number of hydrogen-bond donors (Lipinski definition) is 1. The van der Waals surface area contributed by atoms with Crippen molar-refractivity contribution in [1.29, 1.82) is 0 Å². The zero-order valence-electron chi connectivity index (χ0n) is 10.7. The molecular weight excluding hydrogens is 194 g/mol. The van der Waals surface area contributed by atoms with Crippen LogP contribution in [0.25, 0.3) is 0 Å². The lowest BCUT2D eigenvalue weighted by molar-refractivity contribution is -0.0214. The van der Waals surface area contributed by atoms with Crippen molar-refractivity contribution in [2.75, 3.05) is 13.1 Å². The lowest BCUT2D eigenvalue weighted by Gasteiger charge is -2.36. The van der Waals surface area contributed by atoms with Crippen LogP contribution in [0.5, 0.6) is 0 Å². The summed E-state index contributed by atoms with van der Waals surface area (Å²) >= 11 is 0. The maximum absolute atomic E-state index is 11.7. The van der Waals surface area contributed by atoms with E-state index in [-0.39, 0.29) is 13.0 Å². The normalized spacial score (nSPS) is 22.1. The van der Waals surface area contributed by atoms with Crippen molar-refractivity contribution >= 4 is 6.09 Å². The van der Waals surface area contributed by atoms with Crippen LogP contribution in [0, 0.1) is 0 Å². The highest BCUT2D eigenvalue weighted by Gasteiger charge is 2.31. The van der Waals surface area contributed by atoms with Crippen LogP contribution in [0.15, 0.2) is 0 Å². The van der Waals surface area contributed by atoms with Gasteiger partial charge in [-0.15, -0.1) is 0 Å². The Kier molecular flexibility index (Phi) is 2.87. The Morgan fingerprint density at radius 1 is 1.47 bits per heavy atom. The molecule has 15 heavy (non-hydrogen) atoms. The second kappa shape index (κ2) is 4.00. The fourth-order valence-electron chi connectivity index (χ4n) is 1.43. The summed E-state index contributed by atoms with van der Waals surface area (Å²) in [5.74, 6) is 0. The molecule has 0 radical (unpaired) electrons. The quantitative estimate of drug-likeness (QED) is 0.671. The van der Waals surface area contributed by atoms with Crippen LogP contribution in [-0.2, 0) is 4.74 Å². The molecule has 1 aliphatic rings. The molecule has 4 heteroatoms. The van der Waals surface area contributed by atoms with Gasteiger partial charge >= 0.3 is 6.09 Å². The van der Waals surface area contributed by atoms with Crippen LogP contribution < -0.4 is 0 Å². The maximum atomic E-state index is 11.7. The van der Waals surface area contributed by atoms with Crippen molar-refractivity contribution in [2.24, 2.45) is 0 Å². The fourth-order valence-corrected chi connectivity index (χ4v) is 1.43. The number of hydrogen-bond acceptors (Lipinski definition) is 3. The van der Waals surface area contributed by atoms with Crippen LogP contribution in [0.3, 0.4) is 0 Å². The zero-order chi connectivity index (χ0) is 12.4. The van der Waals surface area contributed by atoms with Crippen molar-refractivity contribution in [1.82, 2.24) is 4.90 Å². The highest BCUT2D eigenvalue weighted by Crippen LogP contribution is 2.22. The van der Waals surface area contributed by atoms with Gasteiger partial charge in [0.05, 0.1) is 5.60 Å². The van der Waals surface area contributed by atoms with Crippen molar-refractivity contribution in [3.05, 3.63) is 0 Å². The Morgan fingerprint density at radius 3 is 2.40 bits per heavy atom. The van der Waals surface area contributed by atoms with Gasteiger partial charge in [0.15, 0.2) is 0 Å². The molecule has 1 rings (SSSR count). The fraction of sp³-hybridized carbons (Fsp3) is 0.909. The number of carbonyl (C=O) groups excluding carboxylic acids is 1. The van der Waals surface area contributed by atoms with E-state index >= 15 is 0 Å². The number of piperidine rings is 1. The van der Waals surface area contributed by atoms with E-state index in [1.165, 1.54) is 0 Å². The van der Waals surface area contributed by atoms with Crippen LogP contribution in [-0.4, -0.2) is 40.4 Å². The molecule has 1 heterocycles. The first kappa shape index (κ1) is 10.7. The van der Waals surface area contributed by atoms with E-state index in [0.29, 0.717) is 25.9 Å². The minimum atomic E-state index is -0.918. The summed E-state index contributed by atoms with van der Waals surface area (Å²) in [5.41, 5.74) is -1.40. The molecule has 0 aromatic carbocycles. The molecule has 0 unspecified atom stereocenters. The lowest BCUT2D eigenvalue weighted by Crippen LogP contribution is -2.46. The molecule has 0 aromatic heterocycles. The van der Waals surface area contributed by atoms with Gasteiger partial charge in [-0.05, 0) is 40.5 Å². The number of carbonyl (C=O) groups is 1. The van der Waals surface area contributed by atoms with Crippen molar-refractivity contribution in [3.8, 4) is 0 Å². The van der Waals surface area contributed by atoms with Crippen LogP contribution in [0.2, 0.25) is 0 Å². The number of aliphatic hydroxyl groups is 1. The average Bonchev–Trinajstić information content (AvgIpc) is 2.16. The molecule has 0 bridgehead atoms. The average molecular weight is 216 g/mol. The maximum Gasteiger partial charge on any atom is 0.410 e. The van der Waals surface area contributed by atoms with Gasteiger partial charge in [-0.2, -0.15) is 0 Å². The Hall–Kier alpha value is -0.770. The molecule has 0 aliphatic carbocycles. The van der Waals surface area contributed by atoms with Gasteiger partial charge in [-0.3, -0.25) is 0 Å². The summed E-state index contributed by atoms with van der Waals surface area (Å²) in [4.78, 5) is 13.3. The Morgan fingerprint density at radius 2 is 2.00 bits per heavy atom. The smallest absolute Gasteiger partial charge is 0.410 e. The van der Waals surface area contributed by atoms with E-state index in [1.807, 2.05) is 20.8 Å². The second-order valence-corrected chi connectivity index (χ2v) is 5.19. The van der Waals surface area contributed by atoms with E-state index in [2.05, 4.69) is 0 Å². The van der Waals surface area contributed by atoms with Gasteiger partial charge in [0, 0.05) is 14.5 Å². The number of likely N-dealkylation sites (tertiary alicyclic amines) is 1. The number of nitrogens with zero attached hydrogens (tertiary/aromatic N) is 1. The standard InChI is InChI=1S/C11H21NO3/c1-10(2,3)15-9(13)12-7-5-11(4,14)6-8-12/h14H,5-8H2,1-4H3/i4D. The number of ether oxygens (including phenoxy) is 1. The van der Waals surface area contributed by atoms with Gasteiger partial charge in [-0.1, -0.05) is 0 Å². The first-order valence-corrected chi connectivity index (χ1v) is 5.25. The first-order chi connectivity index (χ1) is 7.26. The van der Waals surface area contributed by atoms with Gasteiger partial charge in [0.2, 0.25) is 0 Å². The number of rotatable bonds is 0. The molecule has 0 saturated carbocycles. The predicted molar refractivity (Wildman–Crippen MR) is 57.7 cm³/mol. The van der Waals surface area contributed by atoms with Crippen LogP contribution in [0.1, 0.15) is 41.9 Å². The molecule has 1 saturated heterocycles. The molecule has 0 spiro atoms. The minimum Gasteiger partial charge on any atom is -0.444 e. The molecule has 1 N–H and O–H groups in total. The third kappa shape index (κ3) is 4.08. The second-order valence-electron chi connectivity index (χ2n) is 5.19. The predicted octanol–water partition coefficient (Wildman–Crippen LogP) is 1.77.